The molecule has 0 spiro atoms. The van der Waals surface area contributed by atoms with E-state index < -0.39 is 0 Å². The molecular weight excluding hydrogens is 228 g/mol. The SMILES string of the molecule is N=C(N)c1ccc(NCCN2CCOCC2)cc1. The van der Waals surface area contributed by atoms with E-state index in [4.69, 9.17) is 15.9 Å². The Labute approximate surface area is 107 Å². The highest BCUT2D eigenvalue weighted by Gasteiger charge is 2.08. The van der Waals surface area contributed by atoms with Crippen LogP contribution in [0.1, 0.15) is 5.56 Å². The van der Waals surface area contributed by atoms with E-state index in [2.05, 4.69) is 10.2 Å². The summed E-state index contributed by atoms with van der Waals surface area (Å²) in [6.07, 6.45) is 0. The number of ether oxygens (including phenoxy) is 1. The number of nitrogens with one attached hydrogen (secondary N) is 2. The molecule has 5 heteroatoms. The Hall–Kier alpha value is -1.59. The number of nitrogens with zero attached hydrogens (tertiary/aromatic N) is 1. The number of nitrogens with two attached hydrogens (primary N) is 1. The molecule has 1 aliphatic rings. The molecule has 0 bridgehead atoms. The van der Waals surface area contributed by atoms with Gasteiger partial charge in [-0.3, -0.25) is 10.3 Å². The number of anilines is 1. The molecule has 0 amide bonds. The van der Waals surface area contributed by atoms with Gasteiger partial charge in [0.05, 0.1) is 13.2 Å². The molecule has 1 aliphatic heterocycles. The van der Waals surface area contributed by atoms with Gasteiger partial charge in [0.2, 0.25) is 0 Å². The van der Waals surface area contributed by atoms with Crippen LogP contribution in [0.2, 0.25) is 0 Å². The zero-order valence-electron chi connectivity index (χ0n) is 10.5. The van der Waals surface area contributed by atoms with Gasteiger partial charge in [-0.1, -0.05) is 0 Å². The summed E-state index contributed by atoms with van der Waals surface area (Å²) in [5.74, 6) is 0.106. The van der Waals surface area contributed by atoms with E-state index >= 15 is 0 Å². The molecule has 98 valence electrons. The molecule has 0 radical (unpaired) electrons. The number of hydrogen-bond donors (Lipinski definition) is 3. The van der Waals surface area contributed by atoms with E-state index in [0.29, 0.717) is 0 Å². The molecule has 1 saturated heterocycles. The second-order valence-corrected chi connectivity index (χ2v) is 4.37. The second-order valence-electron chi connectivity index (χ2n) is 4.37. The summed E-state index contributed by atoms with van der Waals surface area (Å²) in [4.78, 5) is 2.39. The summed E-state index contributed by atoms with van der Waals surface area (Å²) in [7, 11) is 0. The maximum Gasteiger partial charge on any atom is 0.122 e. The van der Waals surface area contributed by atoms with Gasteiger partial charge in [0.25, 0.3) is 0 Å². The van der Waals surface area contributed by atoms with Crippen LogP contribution in [0.4, 0.5) is 5.69 Å². The zero-order chi connectivity index (χ0) is 12.8. The lowest BCUT2D eigenvalue weighted by Gasteiger charge is -2.26. The molecule has 18 heavy (non-hydrogen) atoms. The molecule has 0 aromatic heterocycles. The van der Waals surface area contributed by atoms with Gasteiger partial charge < -0.3 is 15.8 Å². The fourth-order valence-corrected chi connectivity index (χ4v) is 1.95. The molecule has 0 aliphatic carbocycles. The minimum Gasteiger partial charge on any atom is -0.384 e. The Balaban J connectivity index is 1.74. The molecule has 1 heterocycles. The number of hydrogen-bond acceptors (Lipinski definition) is 4. The van der Waals surface area contributed by atoms with E-state index in [-0.39, 0.29) is 5.84 Å². The largest absolute Gasteiger partial charge is 0.384 e. The van der Waals surface area contributed by atoms with E-state index in [0.717, 1.165) is 50.6 Å². The van der Waals surface area contributed by atoms with Gasteiger partial charge in [-0.2, -0.15) is 0 Å². The van der Waals surface area contributed by atoms with Gasteiger partial charge >= 0.3 is 0 Å². The van der Waals surface area contributed by atoms with Crippen molar-refractivity contribution >= 4 is 11.5 Å². The van der Waals surface area contributed by atoms with Crippen LogP contribution in [-0.2, 0) is 4.74 Å². The summed E-state index contributed by atoms with van der Waals surface area (Å²) in [6, 6.07) is 7.63. The van der Waals surface area contributed by atoms with Crippen LogP contribution in [0.15, 0.2) is 24.3 Å². The lowest BCUT2D eigenvalue weighted by molar-refractivity contribution is 0.0398. The first kappa shape index (κ1) is 12.9. The first-order chi connectivity index (χ1) is 8.75. The average molecular weight is 248 g/mol. The summed E-state index contributed by atoms with van der Waals surface area (Å²) in [5.41, 5.74) is 7.23. The smallest absolute Gasteiger partial charge is 0.122 e. The number of rotatable bonds is 5. The van der Waals surface area contributed by atoms with Crippen LogP contribution < -0.4 is 11.1 Å². The summed E-state index contributed by atoms with van der Waals surface area (Å²) < 4.78 is 5.31. The van der Waals surface area contributed by atoms with E-state index in [1.165, 1.54) is 0 Å². The highest BCUT2D eigenvalue weighted by Crippen LogP contribution is 2.08. The summed E-state index contributed by atoms with van der Waals surface area (Å²) >= 11 is 0. The van der Waals surface area contributed by atoms with Gasteiger partial charge in [0, 0.05) is 37.4 Å². The van der Waals surface area contributed by atoms with Crippen LogP contribution in [0.25, 0.3) is 0 Å². The average Bonchev–Trinajstić information content (AvgIpc) is 2.40. The predicted molar refractivity (Wildman–Crippen MR) is 73.2 cm³/mol. The fraction of sp³-hybridized carbons (Fsp3) is 0.462. The normalized spacial score (nSPS) is 16.4. The topological polar surface area (TPSA) is 74.4 Å². The maximum atomic E-state index is 7.32. The van der Waals surface area contributed by atoms with E-state index in [9.17, 15) is 0 Å². The minimum atomic E-state index is 0.106. The molecule has 0 unspecified atom stereocenters. The van der Waals surface area contributed by atoms with Gasteiger partial charge in [0.15, 0.2) is 0 Å². The third-order valence-electron chi connectivity index (χ3n) is 3.06. The Morgan fingerprint density at radius 2 is 1.94 bits per heavy atom. The van der Waals surface area contributed by atoms with Crippen LogP contribution in [0.3, 0.4) is 0 Å². The van der Waals surface area contributed by atoms with Crippen molar-refractivity contribution in [3.05, 3.63) is 29.8 Å². The Kier molecular flexibility index (Phi) is 4.55. The van der Waals surface area contributed by atoms with Gasteiger partial charge in [-0.15, -0.1) is 0 Å². The third kappa shape index (κ3) is 3.72. The first-order valence-electron chi connectivity index (χ1n) is 6.24. The van der Waals surface area contributed by atoms with Crippen molar-refractivity contribution in [3.63, 3.8) is 0 Å². The lowest BCUT2D eigenvalue weighted by atomic mass is 10.2. The van der Waals surface area contributed by atoms with Crippen molar-refractivity contribution < 1.29 is 4.74 Å². The Morgan fingerprint density at radius 1 is 1.28 bits per heavy atom. The number of morpholine rings is 1. The summed E-state index contributed by atoms with van der Waals surface area (Å²) in [6.45, 7) is 5.66. The molecule has 1 aromatic carbocycles. The van der Waals surface area contributed by atoms with Crippen LogP contribution in [-0.4, -0.2) is 50.1 Å². The lowest BCUT2D eigenvalue weighted by Crippen LogP contribution is -2.39. The molecule has 5 nitrogen and oxygen atoms in total. The van der Waals surface area contributed by atoms with Gasteiger partial charge in [-0.05, 0) is 24.3 Å². The number of amidine groups is 1. The first-order valence-corrected chi connectivity index (χ1v) is 6.24. The third-order valence-corrected chi connectivity index (χ3v) is 3.06. The molecule has 1 fully saturated rings. The molecule has 0 atom stereocenters. The van der Waals surface area contributed by atoms with Crippen molar-refractivity contribution in [1.82, 2.24) is 4.90 Å². The minimum absolute atomic E-state index is 0.106. The zero-order valence-corrected chi connectivity index (χ0v) is 10.5. The second kappa shape index (κ2) is 6.37. The molecule has 1 aromatic rings. The van der Waals surface area contributed by atoms with Crippen LogP contribution >= 0.6 is 0 Å². The molecular formula is C13H20N4O. The Morgan fingerprint density at radius 3 is 2.56 bits per heavy atom. The van der Waals surface area contributed by atoms with Gasteiger partial charge in [0.1, 0.15) is 5.84 Å². The maximum absolute atomic E-state index is 7.32. The van der Waals surface area contributed by atoms with Crippen LogP contribution in [0, 0.1) is 5.41 Å². The van der Waals surface area contributed by atoms with E-state index in [1.54, 1.807) is 0 Å². The quantitative estimate of drug-likeness (QED) is 0.530. The highest BCUT2D eigenvalue weighted by atomic mass is 16.5. The number of benzene rings is 1. The number of nitrogen functional groups attached to an aromatic ring is 1. The van der Waals surface area contributed by atoms with Gasteiger partial charge in [-0.25, -0.2) is 0 Å². The predicted octanol–water partition coefficient (Wildman–Crippen LogP) is 0.715. The van der Waals surface area contributed by atoms with Crippen molar-refractivity contribution in [2.45, 2.75) is 0 Å². The molecule has 0 saturated carbocycles. The Bertz CT molecular complexity index is 384. The van der Waals surface area contributed by atoms with Crippen molar-refractivity contribution in [2.75, 3.05) is 44.7 Å². The summed E-state index contributed by atoms with van der Waals surface area (Å²) in [5, 5.41) is 10.7. The standard InChI is InChI=1S/C13H20N4O/c14-13(15)11-1-3-12(4-2-11)16-5-6-17-7-9-18-10-8-17/h1-4,16H,5-10H2,(H3,14,15). The van der Waals surface area contributed by atoms with Crippen molar-refractivity contribution in [2.24, 2.45) is 5.73 Å². The molecule has 4 N–H and O–H groups in total. The highest BCUT2D eigenvalue weighted by molar-refractivity contribution is 5.95. The van der Waals surface area contributed by atoms with Crippen LogP contribution in [0.5, 0.6) is 0 Å². The fourth-order valence-electron chi connectivity index (χ4n) is 1.95. The van der Waals surface area contributed by atoms with Crippen molar-refractivity contribution in [1.29, 1.82) is 5.41 Å². The molecule has 2 rings (SSSR count). The van der Waals surface area contributed by atoms with Crippen molar-refractivity contribution in [3.8, 4) is 0 Å². The monoisotopic (exact) mass is 248 g/mol. The van der Waals surface area contributed by atoms with E-state index in [1.807, 2.05) is 24.3 Å².